The summed E-state index contributed by atoms with van der Waals surface area (Å²) >= 11 is 6.26. The zero-order valence-electron chi connectivity index (χ0n) is 8.71. The minimum absolute atomic E-state index is 0.0288. The molecule has 3 rings (SSSR count). The Morgan fingerprint density at radius 1 is 1.38 bits per heavy atom. The lowest BCUT2D eigenvalue weighted by atomic mass is 10.2. The van der Waals surface area contributed by atoms with E-state index in [2.05, 4.69) is 10.3 Å². The zero-order chi connectivity index (χ0) is 11.0. The van der Waals surface area contributed by atoms with Crippen molar-refractivity contribution in [3.8, 4) is 0 Å². The summed E-state index contributed by atoms with van der Waals surface area (Å²) in [6.45, 7) is 0.738. The van der Waals surface area contributed by atoms with Crippen molar-refractivity contribution in [2.24, 2.45) is 0 Å². The van der Waals surface area contributed by atoms with Gasteiger partial charge in [-0.15, -0.1) is 16.7 Å². The van der Waals surface area contributed by atoms with Crippen molar-refractivity contribution >= 4 is 22.6 Å². The van der Waals surface area contributed by atoms with Gasteiger partial charge >= 0.3 is 0 Å². The largest absolute Gasteiger partial charge is 0.355 e. The maximum absolute atomic E-state index is 6.26. The fourth-order valence-corrected chi connectivity index (χ4v) is 2.36. The molecule has 84 valence electrons. The highest BCUT2D eigenvalue weighted by atomic mass is 35.5. The molecule has 1 aromatic carbocycles. The van der Waals surface area contributed by atoms with Crippen molar-refractivity contribution in [1.82, 2.24) is 15.0 Å². The topological polar surface area (TPSA) is 39.9 Å². The SMILES string of the molecule is Cl[C@@H]1CCCO[C@@H]1n1nnc2ccccc21. The van der Waals surface area contributed by atoms with Crippen LogP contribution in [-0.4, -0.2) is 27.0 Å². The first-order chi connectivity index (χ1) is 7.86. The van der Waals surface area contributed by atoms with Crippen LogP contribution in [0.25, 0.3) is 11.0 Å². The third kappa shape index (κ3) is 1.58. The monoisotopic (exact) mass is 237 g/mol. The summed E-state index contributed by atoms with van der Waals surface area (Å²) in [7, 11) is 0. The van der Waals surface area contributed by atoms with Crippen LogP contribution in [0.2, 0.25) is 0 Å². The van der Waals surface area contributed by atoms with Gasteiger partial charge in [0.1, 0.15) is 5.52 Å². The van der Waals surface area contributed by atoms with E-state index in [1.807, 2.05) is 24.3 Å². The lowest BCUT2D eigenvalue weighted by Gasteiger charge is -2.27. The van der Waals surface area contributed by atoms with Gasteiger partial charge in [0.25, 0.3) is 0 Å². The second-order valence-corrected chi connectivity index (χ2v) is 4.50. The minimum atomic E-state index is -0.192. The molecule has 4 nitrogen and oxygen atoms in total. The summed E-state index contributed by atoms with van der Waals surface area (Å²) in [6.07, 6.45) is 1.78. The molecule has 1 fully saturated rings. The number of hydrogen-bond acceptors (Lipinski definition) is 3. The summed E-state index contributed by atoms with van der Waals surface area (Å²) < 4.78 is 7.46. The Hall–Kier alpha value is -1.13. The fourth-order valence-electron chi connectivity index (χ4n) is 2.03. The molecule has 0 aliphatic carbocycles. The van der Waals surface area contributed by atoms with Gasteiger partial charge in [0.05, 0.1) is 10.9 Å². The third-order valence-electron chi connectivity index (χ3n) is 2.84. The second-order valence-electron chi connectivity index (χ2n) is 3.94. The predicted molar refractivity (Wildman–Crippen MR) is 61.4 cm³/mol. The highest BCUT2D eigenvalue weighted by molar-refractivity contribution is 6.20. The highest BCUT2D eigenvalue weighted by Gasteiger charge is 2.27. The Bertz CT molecular complexity index is 499. The Kier molecular flexibility index (Phi) is 2.53. The lowest BCUT2D eigenvalue weighted by molar-refractivity contribution is -0.0342. The molecule has 0 bridgehead atoms. The number of hydrogen-bond donors (Lipinski definition) is 0. The van der Waals surface area contributed by atoms with Crippen molar-refractivity contribution in [3.05, 3.63) is 24.3 Å². The number of alkyl halides is 1. The molecule has 0 unspecified atom stereocenters. The van der Waals surface area contributed by atoms with Crippen LogP contribution in [0.1, 0.15) is 19.1 Å². The van der Waals surface area contributed by atoms with E-state index < -0.39 is 0 Å². The van der Waals surface area contributed by atoms with Crippen molar-refractivity contribution in [2.75, 3.05) is 6.61 Å². The number of aromatic nitrogens is 3. The van der Waals surface area contributed by atoms with Crippen LogP contribution in [-0.2, 0) is 4.74 Å². The molecule has 0 N–H and O–H groups in total. The van der Waals surface area contributed by atoms with Gasteiger partial charge in [0, 0.05) is 6.61 Å². The zero-order valence-corrected chi connectivity index (χ0v) is 9.47. The van der Waals surface area contributed by atoms with Crippen molar-refractivity contribution < 1.29 is 4.74 Å². The minimum Gasteiger partial charge on any atom is -0.355 e. The average Bonchev–Trinajstić information content (AvgIpc) is 2.74. The Labute approximate surface area is 98.1 Å². The van der Waals surface area contributed by atoms with E-state index in [-0.39, 0.29) is 11.6 Å². The number of fused-ring (bicyclic) bond motifs is 1. The first kappa shape index (κ1) is 10.1. The van der Waals surface area contributed by atoms with Gasteiger partial charge in [-0.25, -0.2) is 4.68 Å². The molecule has 1 aliphatic heterocycles. The maximum atomic E-state index is 6.26. The lowest BCUT2D eigenvalue weighted by Crippen LogP contribution is -2.28. The number of benzene rings is 1. The van der Waals surface area contributed by atoms with E-state index in [9.17, 15) is 0 Å². The van der Waals surface area contributed by atoms with E-state index >= 15 is 0 Å². The molecule has 2 atom stereocenters. The molecule has 0 amide bonds. The quantitative estimate of drug-likeness (QED) is 0.715. The van der Waals surface area contributed by atoms with Gasteiger partial charge in [-0.2, -0.15) is 0 Å². The summed E-state index contributed by atoms with van der Waals surface area (Å²) in [5.41, 5.74) is 1.85. The number of rotatable bonds is 1. The van der Waals surface area contributed by atoms with Crippen LogP contribution in [0.15, 0.2) is 24.3 Å². The van der Waals surface area contributed by atoms with Gasteiger partial charge in [-0.3, -0.25) is 0 Å². The molecule has 1 aliphatic rings. The van der Waals surface area contributed by atoms with E-state index in [0.29, 0.717) is 0 Å². The first-order valence-electron chi connectivity index (χ1n) is 5.42. The fraction of sp³-hybridized carbons (Fsp3) is 0.455. The molecular formula is C11H12ClN3O. The summed E-state index contributed by atoms with van der Waals surface area (Å²) in [6, 6.07) is 7.83. The van der Waals surface area contributed by atoms with E-state index in [1.54, 1.807) is 4.68 Å². The van der Waals surface area contributed by atoms with Gasteiger partial charge in [0.15, 0.2) is 6.23 Å². The molecule has 5 heteroatoms. The van der Waals surface area contributed by atoms with Crippen LogP contribution >= 0.6 is 11.6 Å². The normalized spacial score (nSPS) is 26.1. The number of ether oxygens (including phenoxy) is 1. The van der Waals surface area contributed by atoms with E-state index in [0.717, 1.165) is 30.5 Å². The van der Waals surface area contributed by atoms with Crippen LogP contribution in [0, 0.1) is 0 Å². The van der Waals surface area contributed by atoms with Crippen molar-refractivity contribution in [2.45, 2.75) is 24.4 Å². The van der Waals surface area contributed by atoms with Crippen molar-refractivity contribution in [1.29, 1.82) is 0 Å². The standard InChI is InChI=1S/C11H12ClN3O/c12-8-4-3-7-16-11(8)15-10-6-2-1-5-9(10)13-14-15/h1-2,5-6,8,11H,3-4,7H2/t8-,11+/m1/s1. The van der Waals surface area contributed by atoms with Gasteiger partial charge < -0.3 is 4.74 Å². The number of para-hydroxylation sites is 1. The predicted octanol–water partition coefficient (Wildman–Crippen LogP) is 2.35. The summed E-state index contributed by atoms with van der Waals surface area (Å²) in [5.74, 6) is 0. The van der Waals surface area contributed by atoms with Crippen molar-refractivity contribution in [3.63, 3.8) is 0 Å². The van der Waals surface area contributed by atoms with Crippen LogP contribution < -0.4 is 0 Å². The number of nitrogens with zero attached hydrogens (tertiary/aromatic N) is 3. The second kappa shape index (κ2) is 4.03. The third-order valence-corrected chi connectivity index (χ3v) is 3.27. The van der Waals surface area contributed by atoms with Crippen LogP contribution in [0.3, 0.4) is 0 Å². The van der Waals surface area contributed by atoms with E-state index in [1.165, 1.54) is 0 Å². The number of halogens is 1. The van der Waals surface area contributed by atoms with Crippen LogP contribution in [0.4, 0.5) is 0 Å². The molecule has 0 radical (unpaired) electrons. The molecule has 1 saturated heterocycles. The van der Waals surface area contributed by atoms with Crippen LogP contribution in [0.5, 0.6) is 0 Å². The smallest absolute Gasteiger partial charge is 0.168 e. The summed E-state index contributed by atoms with van der Waals surface area (Å²) in [5, 5.41) is 8.20. The van der Waals surface area contributed by atoms with Gasteiger partial charge in [-0.05, 0) is 25.0 Å². The molecule has 1 aromatic heterocycles. The van der Waals surface area contributed by atoms with Gasteiger partial charge in [0.2, 0.25) is 0 Å². The van der Waals surface area contributed by atoms with E-state index in [4.69, 9.17) is 16.3 Å². The first-order valence-corrected chi connectivity index (χ1v) is 5.85. The van der Waals surface area contributed by atoms with Gasteiger partial charge in [-0.1, -0.05) is 17.3 Å². The molecule has 16 heavy (non-hydrogen) atoms. The molecule has 0 saturated carbocycles. The molecular weight excluding hydrogens is 226 g/mol. The molecule has 0 spiro atoms. The summed E-state index contributed by atoms with van der Waals surface area (Å²) in [4.78, 5) is 0. The molecule has 2 heterocycles. The average molecular weight is 238 g/mol. The highest BCUT2D eigenvalue weighted by Crippen LogP contribution is 2.29. The Morgan fingerprint density at radius 3 is 3.12 bits per heavy atom. The Morgan fingerprint density at radius 2 is 2.25 bits per heavy atom. The maximum Gasteiger partial charge on any atom is 0.168 e. The Balaban J connectivity index is 2.04. The molecule has 2 aromatic rings.